The number of ether oxygens (including phenoxy) is 2. The van der Waals surface area contributed by atoms with E-state index in [0.29, 0.717) is 38.8 Å². The predicted octanol–water partition coefficient (Wildman–Crippen LogP) is 3.54. The highest BCUT2D eigenvalue weighted by molar-refractivity contribution is 7.99. The molecule has 1 aromatic heterocycles. The topological polar surface area (TPSA) is 90.3 Å². The molecule has 162 valence electrons. The van der Waals surface area contributed by atoms with Crippen LogP contribution in [0.15, 0.2) is 54.2 Å². The Morgan fingerprint density at radius 3 is 2.55 bits per heavy atom. The summed E-state index contributed by atoms with van der Waals surface area (Å²) in [4.78, 5) is 12.3. The number of halogens is 1. The SMILES string of the molecule is C=C(NNC(=O)CSc1nnc(-c2ccc(Cl)cc2)n1C)c1ccc(OC)cc1OC. The summed E-state index contributed by atoms with van der Waals surface area (Å²) in [5.41, 5.74) is 7.53. The van der Waals surface area contributed by atoms with Gasteiger partial charge in [0, 0.05) is 29.3 Å². The van der Waals surface area contributed by atoms with Crippen molar-refractivity contribution in [3.63, 3.8) is 0 Å². The minimum atomic E-state index is -0.241. The van der Waals surface area contributed by atoms with Crippen molar-refractivity contribution in [2.45, 2.75) is 5.16 Å². The fourth-order valence-corrected chi connectivity index (χ4v) is 3.55. The van der Waals surface area contributed by atoms with Gasteiger partial charge in [-0.25, -0.2) is 0 Å². The quantitative estimate of drug-likeness (QED) is 0.373. The third kappa shape index (κ3) is 5.50. The van der Waals surface area contributed by atoms with E-state index in [1.807, 2.05) is 23.7 Å². The first kappa shape index (κ1) is 22.5. The first-order valence-electron chi connectivity index (χ1n) is 9.17. The normalized spacial score (nSPS) is 10.5. The predicted molar refractivity (Wildman–Crippen MR) is 122 cm³/mol. The number of hydrogen-bond acceptors (Lipinski definition) is 7. The molecule has 0 fully saturated rings. The number of carbonyl (C=O) groups is 1. The Morgan fingerprint density at radius 2 is 1.87 bits per heavy atom. The molecule has 8 nitrogen and oxygen atoms in total. The van der Waals surface area contributed by atoms with Gasteiger partial charge in [0.25, 0.3) is 0 Å². The number of nitrogens with one attached hydrogen (secondary N) is 2. The zero-order valence-corrected chi connectivity index (χ0v) is 18.9. The molecule has 1 heterocycles. The van der Waals surface area contributed by atoms with Gasteiger partial charge in [0.2, 0.25) is 5.91 Å². The van der Waals surface area contributed by atoms with Gasteiger partial charge in [0.1, 0.15) is 11.5 Å². The molecule has 0 unspecified atom stereocenters. The Hall–Kier alpha value is -3.17. The minimum Gasteiger partial charge on any atom is -0.497 e. The van der Waals surface area contributed by atoms with Gasteiger partial charge in [-0.2, -0.15) is 0 Å². The van der Waals surface area contributed by atoms with Crippen LogP contribution in [0.1, 0.15) is 5.56 Å². The van der Waals surface area contributed by atoms with Crippen molar-refractivity contribution in [3.8, 4) is 22.9 Å². The lowest BCUT2D eigenvalue weighted by molar-refractivity contribution is -0.119. The van der Waals surface area contributed by atoms with Gasteiger partial charge in [-0.1, -0.05) is 29.9 Å². The molecule has 0 spiro atoms. The second kappa shape index (κ2) is 10.2. The maximum Gasteiger partial charge on any atom is 0.248 e. The molecule has 0 atom stereocenters. The number of nitrogens with zero attached hydrogens (tertiary/aromatic N) is 3. The van der Waals surface area contributed by atoms with Crippen molar-refractivity contribution < 1.29 is 14.3 Å². The summed E-state index contributed by atoms with van der Waals surface area (Å²) in [5, 5.41) is 9.64. The molecule has 0 aliphatic rings. The standard InChI is InChI=1S/C21H22ClN5O3S/c1-13(17-10-9-16(29-3)11-18(17)30-4)23-24-19(28)12-31-21-26-25-20(27(21)2)14-5-7-15(22)8-6-14/h5-11,23H,1,12H2,2-4H3,(H,24,28). The summed E-state index contributed by atoms with van der Waals surface area (Å²) >= 11 is 7.21. The monoisotopic (exact) mass is 459 g/mol. The Morgan fingerprint density at radius 1 is 1.13 bits per heavy atom. The highest BCUT2D eigenvalue weighted by atomic mass is 35.5. The molecule has 31 heavy (non-hydrogen) atoms. The lowest BCUT2D eigenvalue weighted by Crippen LogP contribution is -2.37. The third-order valence-electron chi connectivity index (χ3n) is 4.36. The molecular formula is C21H22ClN5O3S. The van der Waals surface area contributed by atoms with Crippen molar-refractivity contribution >= 4 is 35.0 Å². The number of hydrazine groups is 1. The van der Waals surface area contributed by atoms with Crippen molar-refractivity contribution in [2.24, 2.45) is 7.05 Å². The number of aromatic nitrogens is 3. The lowest BCUT2D eigenvalue weighted by atomic mass is 10.1. The zero-order valence-electron chi connectivity index (χ0n) is 17.3. The summed E-state index contributed by atoms with van der Waals surface area (Å²) in [6.45, 7) is 3.95. The molecule has 3 aromatic rings. The van der Waals surface area contributed by atoms with E-state index in [2.05, 4.69) is 27.6 Å². The highest BCUT2D eigenvalue weighted by Gasteiger charge is 2.14. The molecule has 0 bridgehead atoms. The molecule has 0 saturated heterocycles. The second-order valence-electron chi connectivity index (χ2n) is 6.38. The molecule has 3 rings (SSSR count). The first-order valence-corrected chi connectivity index (χ1v) is 10.5. The molecule has 2 N–H and O–H groups in total. The average molecular weight is 460 g/mol. The summed E-state index contributed by atoms with van der Waals surface area (Å²) in [6, 6.07) is 12.7. The van der Waals surface area contributed by atoms with Crippen molar-refractivity contribution in [1.82, 2.24) is 25.6 Å². The van der Waals surface area contributed by atoms with Crippen molar-refractivity contribution in [3.05, 3.63) is 59.6 Å². The Balaban J connectivity index is 1.55. The summed E-state index contributed by atoms with van der Waals surface area (Å²) in [6.07, 6.45) is 0. The van der Waals surface area contributed by atoms with Crippen LogP contribution < -0.4 is 20.3 Å². The van der Waals surface area contributed by atoms with Crippen LogP contribution in [0.5, 0.6) is 11.5 Å². The fourth-order valence-electron chi connectivity index (χ4n) is 2.72. The van der Waals surface area contributed by atoms with Crippen LogP contribution in [-0.2, 0) is 11.8 Å². The number of hydrogen-bond donors (Lipinski definition) is 2. The first-order chi connectivity index (χ1) is 14.9. The van der Waals surface area contributed by atoms with Gasteiger partial charge >= 0.3 is 0 Å². The molecule has 0 aliphatic heterocycles. The smallest absolute Gasteiger partial charge is 0.248 e. The molecule has 10 heteroatoms. The Labute approximate surface area is 189 Å². The fraction of sp³-hybridized carbons (Fsp3) is 0.190. The van der Waals surface area contributed by atoms with Crippen LogP contribution in [0.25, 0.3) is 17.1 Å². The third-order valence-corrected chi connectivity index (χ3v) is 5.63. The van der Waals surface area contributed by atoms with Crippen LogP contribution in [-0.4, -0.2) is 40.6 Å². The average Bonchev–Trinajstić information content (AvgIpc) is 3.16. The van der Waals surface area contributed by atoms with E-state index in [1.165, 1.54) is 11.8 Å². The maximum atomic E-state index is 12.3. The van der Waals surface area contributed by atoms with E-state index in [4.69, 9.17) is 21.1 Å². The molecule has 0 saturated carbocycles. The van der Waals surface area contributed by atoms with Crippen LogP contribution in [0, 0.1) is 0 Å². The zero-order chi connectivity index (χ0) is 22.4. The van der Waals surface area contributed by atoms with E-state index < -0.39 is 0 Å². The van der Waals surface area contributed by atoms with Crippen LogP contribution in [0.2, 0.25) is 5.02 Å². The number of thioether (sulfide) groups is 1. The Kier molecular flexibility index (Phi) is 7.43. The number of methoxy groups -OCH3 is 2. The largest absolute Gasteiger partial charge is 0.497 e. The Bertz CT molecular complexity index is 1090. The second-order valence-corrected chi connectivity index (χ2v) is 7.76. The van der Waals surface area contributed by atoms with Gasteiger partial charge < -0.3 is 14.0 Å². The number of rotatable bonds is 9. The number of carbonyl (C=O) groups excluding carboxylic acids is 1. The maximum absolute atomic E-state index is 12.3. The van der Waals surface area contributed by atoms with Gasteiger partial charge in [0.15, 0.2) is 11.0 Å². The van der Waals surface area contributed by atoms with E-state index in [-0.39, 0.29) is 11.7 Å². The molecule has 1 amide bonds. The van der Waals surface area contributed by atoms with Gasteiger partial charge in [-0.05, 0) is 36.4 Å². The molecule has 2 aromatic carbocycles. The van der Waals surface area contributed by atoms with E-state index in [9.17, 15) is 4.79 Å². The van der Waals surface area contributed by atoms with Crippen molar-refractivity contribution in [1.29, 1.82) is 0 Å². The van der Waals surface area contributed by atoms with E-state index in [0.717, 1.165) is 5.56 Å². The van der Waals surface area contributed by atoms with Crippen LogP contribution in [0.3, 0.4) is 0 Å². The van der Waals surface area contributed by atoms with E-state index >= 15 is 0 Å². The van der Waals surface area contributed by atoms with Gasteiger partial charge in [-0.3, -0.25) is 15.6 Å². The van der Waals surface area contributed by atoms with E-state index in [1.54, 1.807) is 44.6 Å². The molecule has 0 aliphatic carbocycles. The van der Waals surface area contributed by atoms with Crippen molar-refractivity contribution in [2.75, 3.05) is 20.0 Å². The molecule has 0 radical (unpaired) electrons. The summed E-state index contributed by atoms with van der Waals surface area (Å²) < 4.78 is 12.4. The minimum absolute atomic E-state index is 0.145. The van der Waals surface area contributed by atoms with Gasteiger partial charge in [-0.15, -0.1) is 10.2 Å². The van der Waals surface area contributed by atoms with Crippen LogP contribution >= 0.6 is 23.4 Å². The summed E-state index contributed by atoms with van der Waals surface area (Å²) in [5.74, 6) is 1.84. The van der Waals surface area contributed by atoms with Crippen LogP contribution in [0.4, 0.5) is 0 Å². The van der Waals surface area contributed by atoms with Gasteiger partial charge in [0.05, 0.1) is 25.7 Å². The number of amides is 1. The number of benzene rings is 2. The lowest BCUT2D eigenvalue weighted by Gasteiger charge is -2.15. The highest BCUT2D eigenvalue weighted by Crippen LogP contribution is 2.28. The summed E-state index contributed by atoms with van der Waals surface area (Å²) in [7, 11) is 4.98. The molecular weight excluding hydrogens is 438 g/mol.